The molecule has 1 aromatic carbocycles. The van der Waals surface area contributed by atoms with Crippen molar-refractivity contribution in [1.82, 2.24) is 0 Å². The van der Waals surface area contributed by atoms with E-state index in [4.69, 9.17) is 5.11 Å². The van der Waals surface area contributed by atoms with Crippen molar-refractivity contribution in [2.45, 2.75) is 64.9 Å². The molecule has 3 heteroatoms. The predicted octanol–water partition coefficient (Wildman–Crippen LogP) is 3.91. The van der Waals surface area contributed by atoms with E-state index < -0.39 is 6.10 Å². The maximum absolute atomic E-state index is 11.5. The highest BCUT2D eigenvalue weighted by atomic mass is 16.3. The minimum absolute atomic E-state index is 0.138. The smallest absolute Gasteiger partial charge is 0.226 e. The summed E-state index contributed by atoms with van der Waals surface area (Å²) in [5.74, 6) is -0.146. The average molecular weight is 277 g/mol. The molecule has 0 heterocycles. The van der Waals surface area contributed by atoms with Crippen molar-refractivity contribution in [3.8, 4) is 0 Å². The number of amides is 1. The van der Waals surface area contributed by atoms with Gasteiger partial charge < -0.3 is 10.4 Å². The van der Waals surface area contributed by atoms with Gasteiger partial charge in [0.25, 0.3) is 0 Å². The highest BCUT2D eigenvalue weighted by Crippen LogP contribution is 2.13. The number of hydrogen-bond acceptors (Lipinski definition) is 2. The van der Waals surface area contributed by atoms with Gasteiger partial charge in [0.1, 0.15) is 0 Å². The topological polar surface area (TPSA) is 49.3 Å². The largest absolute Gasteiger partial charge is 0.393 e. The zero-order valence-electron chi connectivity index (χ0n) is 12.7. The summed E-state index contributed by atoms with van der Waals surface area (Å²) >= 11 is 0. The highest BCUT2D eigenvalue weighted by molar-refractivity contribution is 5.90. The van der Waals surface area contributed by atoms with Crippen LogP contribution in [-0.2, 0) is 11.2 Å². The lowest BCUT2D eigenvalue weighted by Gasteiger charge is -2.08. The number of nitrogens with one attached hydrogen (secondary N) is 1. The summed E-state index contributed by atoms with van der Waals surface area (Å²) in [4.78, 5) is 11.5. The van der Waals surface area contributed by atoms with Crippen LogP contribution in [0.3, 0.4) is 0 Å². The van der Waals surface area contributed by atoms with Gasteiger partial charge in [-0.3, -0.25) is 4.79 Å². The summed E-state index contributed by atoms with van der Waals surface area (Å²) in [5.41, 5.74) is 2.11. The van der Waals surface area contributed by atoms with E-state index in [0.29, 0.717) is 0 Å². The molecule has 0 aromatic heterocycles. The molecule has 0 radical (unpaired) electrons. The Morgan fingerprint density at radius 1 is 1.15 bits per heavy atom. The van der Waals surface area contributed by atoms with Crippen LogP contribution in [0.1, 0.15) is 57.9 Å². The molecule has 1 rings (SSSR count). The Hall–Kier alpha value is -1.35. The van der Waals surface area contributed by atoms with Gasteiger partial charge in [-0.05, 0) is 37.5 Å². The molecule has 0 aliphatic heterocycles. The van der Waals surface area contributed by atoms with Gasteiger partial charge in [-0.2, -0.15) is 0 Å². The fourth-order valence-corrected chi connectivity index (χ4v) is 2.17. The molecule has 0 aliphatic rings. The molecule has 0 saturated heterocycles. The van der Waals surface area contributed by atoms with Crippen molar-refractivity contribution in [3.05, 3.63) is 29.8 Å². The van der Waals surface area contributed by atoms with E-state index in [1.807, 2.05) is 12.1 Å². The second kappa shape index (κ2) is 9.54. The Morgan fingerprint density at radius 2 is 1.80 bits per heavy atom. The van der Waals surface area contributed by atoms with Crippen molar-refractivity contribution in [3.63, 3.8) is 0 Å². The maximum atomic E-state index is 11.5. The fraction of sp³-hybridized carbons (Fsp3) is 0.588. The molecule has 1 atom stereocenters. The molecule has 2 N–H and O–H groups in total. The first-order valence-corrected chi connectivity index (χ1v) is 7.68. The van der Waals surface area contributed by atoms with Gasteiger partial charge in [0.05, 0.1) is 12.5 Å². The number of unbranched alkanes of at least 4 members (excludes halogenated alkanes) is 4. The number of carbonyl (C=O) groups excluding carboxylic acids is 1. The first-order chi connectivity index (χ1) is 9.61. The monoisotopic (exact) mass is 277 g/mol. The highest BCUT2D eigenvalue weighted by Gasteiger charge is 2.06. The molecule has 0 bridgehead atoms. The van der Waals surface area contributed by atoms with Crippen LogP contribution in [0.2, 0.25) is 0 Å². The molecule has 0 spiro atoms. The maximum Gasteiger partial charge on any atom is 0.226 e. The second-order valence-electron chi connectivity index (χ2n) is 5.46. The van der Waals surface area contributed by atoms with Gasteiger partial charge in [0.2, 0.25) is 5.91 Å². The van der Waals surface area contributed by atoms with Crippen molar-refractivity contribution < 1.29 is 9.90 Å². The van der Waals surface area contributed by atoms with Crippen molar-refractivity contribution in [1.29, 1.82) is 0 Å². The number of anilines is 1. The Kier molecular flexibility index (Phi) is 7.97. The lowest BCUT2D eigenvalue weighted by molar-refractivity contribution is -0.117. The van der Waals surface area contributed by atoms with Crippen LogP contribution >= 0.6 is 0 Å². The second-order valence-corrected chi connectivity index (χ2v) is 5.46. The number of rotatable bonds is 9. The summed E-state index contributed by atoms with van der Waals surface area (Å²) in [5, 5.41) is 11.9. The van der Waals surface area contributed by atoms with Gasteiger partial charge in [-0.25, -0.2) is 0 Å². The molecule has 1 amide bonds. The molecule has 0 aliphatic carbocycles. The van der Waals surface area contributed by atoms with E-state index in [1.165, 1.54) is 37.7 Å². The minimum Gasteiger partial charge on any atom is -0.393 e. The summed E-state index contributed by atoms with van der Waals surface area (Å²) < 4.78 is 0. The number of hydrogen-bond donors (Lipinski definition) is 2. The van der Waals surface area contributed by atoms with Crippen LogP contribution in [0.25, 0.3) is 0 Å². The Morgan fingerprint density at radius 3 is 2.40 bits per heavy atom. The van der Waals surface area contributed by atoms with Gasteiger partial charge in [0.15, 0.2) is 0 Å². The molecule has 1 unspecified atom stereocenters. The van der Waals surface area contributed by atoms with E-state index >= 15 is 0 Å². The van der Waals surface area contributed by atoms with Crippen LogP contribution in [0.4, 0.5) is 5.69 Å². The number of aliphatic hydroxyl groups is 1. The fourth-order valence-electron chi connectivity index (χ4n) is 2.17. The molecule has 20 heavy (non-hydrogen) atoms. The number of aliphatic hydroxyl groups excluding tert-OH is 1. The third-order valence-electron chi connectivity index (χ3n) is 3.29. The molecule has 3 nitrogen and oxygen atoms in total. The third kappa shape index (κ3) is 7.29. The third-order valence-corrected chi connectivity index (χ3v) is 3.29. The van der Waals surface area contributed by atoms with E-state index in [1.54, 1.807) is 6.92 Å². The molecular weight excluding hydrogens is 250 g/mol. The first kappa shape index (κ1) is 16.7. The van der Waals surface area contributed by atoms with E-state index in [9.17, 15) is 4.79 Å². The lowest BCUT2D eigenvalue weighted by atomic mass is 10.1. The van der Waals surface area contributed by atoms with Crippen molar-refractivity contribution >= 4 is 11.6 Å². The molecular formula is C17H27NO2. The van der Waals surface area contributed by atoms with Gasteiger partial charge in [0, 0.05) is 5.69 Å². The average Bonchev–Trinajstić information content (AvgIpc) is 2.39. The number of aryl methyl sites for hydroxylation is 1. The lowest BCUT2D eigenvalue weighted by Crippen LogP contribution is -2.17. The normalized spacial score (nSPS) is 12.2. The Bertz CT molecular complexity index is 384. The molecule has 0 saturated carbocycles. The summed E-state index contributed by atoms with van der Waals surface area (Å²) in [6.07, 6.45) is 7.09. The Balaban J connectivity index is 2.31. The van der Waals surface area contributed by atoms with Gasteiger partial charge in [-0.15, -0.1) is 0 Å². The number of benzene rings is 1. The van der Waals surface area contributed by atoms with Crippen LogP contribution in [-0.4, -0.2) is 17.1 Å². The minimum atomic E-state index is -0.600. The zero-order chi connectivity index (χ0) is 14.8. The van der Waals surface area contributed by atoms with Crippen LogP contribution in [0, 0.1) is 0 Å². The zero-order valence-corrected chi connectivity index (χ0v) is 12.7. The quantitative estimate of drug-likeness (QED) is 0.672. The summed E-state index contributed by atoms with van der Waals surface area (Å²) in [6.45, 7) is 3.84. The van der Waals surface area contributed by atoms with Gasteiger partial charge >= 0.3 is 0 Å². The van der Waals surface area contributed by atoms with E-state index in [2.05, 4.69) is 24.4 Å². The molecule has 0 fully saturated rings. The van der Waals surface area contributed by atoms with Crippen molar-refractivity contribution in [2.24, 2.45) is 0 Å². The predicted molar refractivity (Wildman–Crippen MR) is 83.8 cm³/mol. The molecule has 112 valence electrons. The summed E-state index contributed by atoms with van der Waals surface area (Å²) in [6, 6.07) is 8.00. The SMILES string of the molecule is CCCCCCCc1ccc(NC(=O)CC(C)O)cc1. The van der Waals surface area contributed by atoms with Gasteiger partial charge in [-0.1, -0.05) is 44.7 Å². The first-order valence-electron chi connectivity index (χ1n) is 7.68. The van der Waals surface area contributed by atoms with Crippen molar-refractivity contribution in [2.75, 3.05) is 5.32 Å². The standard InChI is InChI=1S/C17H27NO2/c1-3-4-5-6-7-8-15-9-11-16(12-10-15)18-17(20)13-14(2)19/h9-12,14,19H,3-8,13H2,1-2H3,(H,18,20). The number of carbonyl (C=O) groups is 1. The van der Waals surface area contributed by atoms with E-state index in [-0.39, 0.29) is 12.3 Å². The van der Waals surface area contributed by atoms with Crippen LogP contribution in [0.15, 0.2) is 24.3 Å². The summed E-state index contributed by atoms with van der Waals surface area (Å²) in [7, 11) is 0. The molecule has 1 aromatic rings. The van der Waals surface area contributed by atoms with Crippen LogP contribution < -0.4 is 5.32 Å². The Labute approximate surface area is 122 Å². The van der Waals surface area contributed by atoms with Crippen LogP contribution in [0.5, 0.6) is 0 Å². The van der Waals surface area contributed by atoms with E-state index in [0.717, 1.165) is 12.1 Å².